The zero-order valence-electron chi connectivity index (χ0n) is 20.2. The van der Waals surface area contributed by atoms with Crippen LogP contribution in [0.3, 0.4) is 0 Å². The first-order valence-electron chi connectivity index (χ1n) is 12.3. The standard InChI is InChI=1S/C30H29NO5/c1-19-17-22(13-16-25(19)36-18-20-7-3-2-4-8-20)28(33)26-27(21-11-14-24(32)15-12-21)31(30(35)29(26)34)23-9-5-6-10-23/h2-4,7-8,11-17,23,27,32-33H,5-6,9-10,18H2,1H3/b28-26-. The van der Waals surface area contributed by atoms with Gasteiger partial charge in [-0.15, -0.1) is 0 Å². The maximum absolute atomic E-state index is 13.3. The molecule has 2 fully saturated rings. The summed E-state index contributed by atoms with van der Waals surface area (Å²) in [6.45, 7) is 2.30. The molecule has 1 unspecified atom stereocenters. The number of hydrogen-bond acceptors (Lipinski definition) is 5. The highest BCUT2D eigenvalue weighted by atomic mass is 16.5. The van der Waals surface area contributed by atoms with Crippen molar-refractivity contribution in [2.75, 3.05) is 0 Å². The van der Waals surface area contributed by atoms with Crippen LogP contribution in [0.1, 0.15) is 54.0 Å². The minimum atomic E-state index is -0.706. The molecule has 6 heteroatoms. The van der Waals surface area contributed by atoms with Gasteiger partial charge in [-0.1, -0.05) is 55.3 Å². The minimum absolute atomic E-state index is 0.0546. The van der Waals surface area contributed by atoms with Gasteiger partial charge in [-0.25, -0.2) is 0 Å². The Labute approximate surface area is 210 Å². The Morgan fingerprint density at radius 1 is 0.972 bits per heavy atom. The molecule has 2 N–H and O–H groups in total. The molecule has 0 spiro atoms. The number of ether oxygens (including phenoxy) is 1. The second-order valence-electron chi connectivity index (χ2n) is 9.49. The number of phenols is 1. The number of likely N-dealkylation sites (tertiary alicyclic amines) is 1. The number of benzene rings is 3. The summed E-state index contributed by atoms with van der Waals surface area (Å²) in [5, 5.41) is 21.2. The van der Waals surface area contributed by atoms with Gasteiger partial charge in [0.1, 0.15) is 23.9 Å². The maximum atomic E-state index is 13.3. The third kappa shape index (κ3) is 4.47. The molecule has 1 saturated heterocycles. The summed E-state index contributed by atoms with van der Waals surface area (Å²) in [5.41, 5.74) is 3.06. The van der Waals surface area contributed by atoms with Crippen LogP contribution in [0.25, 0.3) is 5.76 Å². The van der Waals surface area contributed by atoms with Gasteiger partial charge in [-0.05, 0) is 66.8 Å². The first kappa shape index (κ1) is 23.7. The van der Waals surface area contributed by atoms with Gasteiger partial charge >= 0.3 is 0 Å². The number of rotatable bonds is 6. The monoisotopic (exact) mass is 483 g/mol. The van der Waals surface area contributed by atoms with Crippen molar-refractivity contribution >= 4 is 17.4 Å². The Bertz CT molecular complexity index is 1310. The Morgan fingerprint density at radius 3 is 2.33 bits per heavy atom. The largest absolute Gasteiger partial charge is 0.508 e. The molecular weight excluding hydrogens is 454 g/mol. The number of aromatic hydroxyl groups is 1. The SMILES string of the molecule is Cc1cc(/C(O)=C2/C(=O)C(=O)N(C3CCCC3)C2c2ccc(O)cc2)ccc1OCc1ccccc1. The fourth-order valence-electron chi connectivity index (χ4n) is 5.24. The molecule has 1 aliphatic carbocycles. The average Bonchev–Trinajstić information content (AvgIpc) is 3.50. The summed E-state index contributed by atoms with van der Waals surface area (Å²) >= 11 is 0. The lowest BCUT2D eigenvalue weighted by Gasteiger charge is -2.30. The van der Waals surface area contributed by atoms with Crippen LogP contribution in [0, 0.1) is 6.92 Å². The van der Waals surface area contributed by atoms with E-state index in [1.807, 2.05) is 37.3 Å². The van der Waals surface area contributed by atoms with Crippen LogP contribution in [-0.4, -0.2) is 32.8 Å². The highest BCUT2D eigenvalue weighted by Gasteiger charge is 2.49. The van der Waals surface area contributed by atoms with E-state index in [2.05, 4.69) is 0 Å². The van der Waals surface area contributed by atoms with E-state index in [0.717, 1.165) is 36.8 Å². The Morgan fingerprint density at radius 2 is 1.67 bits per heavy atom. The van der Waals surface area contributed by atoms with Crippen LogP contribution in [0.5, 0.6) is 11.5 Å². The molecule has 6 nitrogen and oxygen atoms in total. The molecule has 1 atom stereocenters. The number of aliphatic hydroxyl groups is 1. The molecule has 1 amide bonds. The predicted molar refractivity (Wildman–Crippen MR) is 136 cm³/mol. The van der Waals surface area contributed by atoms with E-state index >= 15 is 0 Å². The van der Waals surface area contributed by atoms with E-state index < -0.39 is 17.7 Å². The highest BCUT2D eigenvalue weighted by Crippen LogP contribution is 2.44. The van der Waals surface area contributed by atoms with Crippen molar-refractivity contribution in [2.24, 2.45) is 0 Å². The van der Waals surface area contributed by atoms with E-state index in [4.69, 9.17) is 4.74 Å². The molecule has 184 valence electrons. The van der Waals surface area contributed by atoms with Crippen molar-refractivity contribution in [3.8, 4) is 11.5 Å². The van der Waals surface area contributed by atoms with Gasteiger partial charge in [0.15, 0.2) is 0 Å². The smallest absolute Gasteiger partial charge is 0.295 e. The number of aliphatic hydroxyl groups excluding tert-OH is 1. The van der Waals surface area contributed by atoms with Crippen molar-refractivity contribution in [1.82, 2.24) is 4.90 Å². The quantitative estimate of drug-likeness (QED) is 0.269. The fourth-order valence-corrected chi connectivity index (χ4v) is 5.24. The van der Waals surface area contributed by atoms with Gasteiger partial charge in [0, 0.05) is 11.6 Å². The predicted octanol–water partition coefficient (Wildman–Crippen LogP) is 5.64. The number of phenolic OH excluding ortho intramolecular Hbond substituents is 1. The van der Waals surface area contributed by atoms with Crippen LogP contribution >= 0.6 is 0 Å². The number of nitrogens with zero attached hydrogens (tertiary/aromatic N) is 1. The van der Waals surface area contributed by atoms with E-state index in [9.17, 15) is 19.8 Å². The summed E-state index contributed by atoms with van der Waals surface area (Å²) in [7, 11) is 0. The third-order valence-corrected chi connectivity index (χ3v) is 7.09. The molecular formula is C30H29NO5. The third-order valence-electron chi connectivity index (χ3n) is 7.09. The van der Waals surface area contributed by atoms with E-state index in [-0.39, 0.29) is 23.1 Å². The van der Waals surface area contributed by atoms with Crippen molar-refractivity contribution in [3.05, 3.63) is 101 Å². The van der Waals surface area contributed by atoms with Crippen LogP contribution in [0.4, 0.5) is 0 Å². The summed E-state index contributed by atoms with van der Waals surface area (Å²) in [4.78, 5) is 28.1. The first-order chi connectivity index (χ1) is 17.4. The van der Waals surface area contributed by atoms with Crippen LogP contribution in [0.15, 0.2) is 78.4 Å². The summed E-state index contributed by atoms with van der Waals surface area (Å²) in [5.74, 6) is -0.694. The van der Waals surface area contributed by atoms with Gasteiger partial charge in [0.05, 0.1) is 11.6 Å². The summed E-state index contributed by atoms with van der Waals surface area (Å²) < 4.78 is 5.96. The summed E-state index contributed by atoms with van der Waals surface area (Å²) in [6.07, 6.45) is 3.65. The van der Waals surface area contributed by atoms with Crippen LogP contribution in [-0.2, 0) is 16.2 Å². The second kappa shape index (κ2) is 9.90. The van der Waals surface area contributed by atoms with E-state index in [1.54, 1.807) is 35.2 Å². The minimum Gasteiger partial charge on any atom is -0.508 e. The molecule has 0 aromatic heterocycles. The van der Waals surface area contributed by atoms with Gasteiger partial charge in [-0.2, -0.15) is 0 Å². The molecule has 36 heavy (non-hydrogen) atoms. The van der Waals surface area contributed by atoms with Crippen LogP contribution in [0.2, 0.25) is 0 Å². The zero-order chi connectivity index (χ0) is 25.2. The van der Waals surface area contributed by atoms with E-state index in [0.29, 0.717) is 23.5 Å². The summed E-state index contributed by atoms with van der Waals surface area (Å²) in [6, 6.07) is 20.8. The lowest BCUT2D eigenvalue weighted by molar-refractivity contribution is -0.141. The zero-order valence-corrected chi connectivity index (χ0v) is 20.2. The average molecular weight is 484 g/mol. The molecule has 2 aliphatic rings. The molecule has 3 aromatic rings. The lowest BCUT2D eigenvalue weighted by Crippen LogP contribution is -2.37. The highest BCUT2D eigenvalue weighted by molar-refractivity contribution is 6.46. The first-order valence-corrected chi connectivity index (χ1v) is 12.3. The molecule has 1 aliphatic heterocycles. The van der Waals surface area contributed by atoms with Crippen LogP contribution < -0.4 is 4.74 Å². The molecule has 5 rings (SSSR count). The Kier molecular flexibility index (Phi) is 6.51. The molecule has 1 saturated carbocycles. The van der Waals surface area contributed by atoms with Crippen molar-refractivity contribution in [3.63, 3.8) is 0 Å². The van der Waals surface area contributed by atoms with Crippen molar-refractivity contribution in [2.45, 2.75) is 51.3 Å². The van der Waals surface area contributed by atoms with Gasteiger partial charge < -0.3 is 19.8 Å². The molecule has 3 aromatic carbocycles. The topological polar surface area (TPSA) is 87.1 Å². The number of Topliss-reactive ketones (excluding diaryl/α,β-unsaturated/α-hetero) is 1. The van der Waals surface area contributed by atoms with E-state index in [1.165, 1.54) is 12.1 Å². The van der Waals surface area contributed by atoms with Gasteiger partial charge in [-0.3, -0.25) is 9.59 Å². The number of aryl methyl sites for hydroxylation is 1. The number of carbonyl (C=O) groups is 2. The molecule has 0 radical (unpaired) electrons. The van der Waals surface area contributed by atoms with Gasteiger partial charge in [0.2, 0.25) is 0 Å². The molecule has 0 bridgehead atoms. The number of hydrogen-bond donors (Lipinski definition) is 2. The van der Waals surface area contributed by atoms with Crippen molar-refractivity contribution in [1.29, 1.82) is 0 Å². The Hall–Kier alpha value is -4.06. The van der Waals surface area contributed by atoms with Gasteiger partial charge in [0.25, 0.3) is 11.7 Å². The second-order valence-corrected chi connectivity index (χ2v) is 9.49. The maximum Gasteiger partial charge on any atom is 0.295 e. The normalized spacial score (nSPS) is 19.7. The fraction of sp³-hybridized carbons (Fsp3) is 0.267. The van der Waals surface area contributed by atoms with Crippen molar-refractivity contribution < 1.29 is 24.5 Å². The number of ketones is 1. The lowest BCUT2D eigenvalue weighted by atomic mass is 9.94. The molecule has 1 heterocycles. The number of carbonyl (C=O) groups excluding carboxylic acids is 2. The Balaban J connectivity index is 1.51. The number of amides is 1.